The van der Waals surface area contributed by atoms with Gasteiger partial charge in [-0.2, -0.15) is 9.94 Å². The van der Waals surface area contributed by atoms with E-state index in [1.807, 2.05) is 0 Å². The number of carbonyl (C=O) groups excluding carboxylic acids is 1. The molecule has 0 saturated heterocycles. The number of benzene rings is 1. The molecule has 234 valence electrons. The molecule has 0 bridgehead atoms. The number of nitriles is 1. The van der Waals surface area contributed by atoms with E-state index >= 15 is 0 Å². The Morgan fingerprint density at radius 1 is 0.955 bits per heavy atom. The van der Waals surface area contributed by atoms with Crippen molar-refractivity contribution in [2.24, 2.45) is 4.99 Å². The number of aromatic nitrogens is 4. The smallest absolute Gasteiger partial charge is 0.291 e. The van der Waals surface area contributed by atoms with Gasteiger partial charge in [0.05, 0.1) is 0 Å². The number of carbonyl (C=O) groups is 1. The molecule has 0 fully saturated rings. The van der Waals surface area contributed by atoms with Crippen LogP contribution in [0.25, 0.3) is 11.3 Å². The predicted octanol–water partition coefficient (Wildman–Crippen LogP) is 9.20. The predicted molar refractivity (Wildman–Crippen MR) is 181 cm³/mol. The van der Waals surface area contributed by atoms with Gasteiger partial charge in [-0.25, -0.2) is 15.0 Å². The minimum Gasteiger partial charge on any atom is -0.348 e. The molecule has 0 spiro atoms. The second-order valence-electron chi connectivity index (χ2n) is 11.7. The topological polar surface area (TPSA) is 100 Å². The van der Waals surface area contributed by atoms with Gasteiger partial charge in [0.25, 0.3) is 5.91 Å². The number of nitrogens with zero attached hydrogens (tertiary/aromatic N) is 7. The molecule has 9 heteroatoms. The van der Waals surface area contributed by atoms with Crippen LogP contribution in [0.15, 0.2) is 40.4 Å². The SMILES string of the molecule is CCCCCN(CCCCC)c1nc(-c2ccc(C)cc2)c(/N=C2/C(C)=C(C#N)C(=O)n3nc(C(CC)CCCC)nc32)s1. The fourth-order valence-corrected chi connectivity index (χ4v) is 6.52. The molecule has 0 aliphatic carbocycles. The van der Waals surface area contributed by atoms with Crippen LogP contribution < -0.4 is 4.90 Å². The largest absolute Gasteiger partial charge is 0.348 e. The lowest BCUT2D eigenvalue weighted by atomic mass is 9.98. The first-order valence-electron chi connectivity index (χ1n) is 16.4. The Bertz CT molecular complexity index is 1510. The summed E-state index contributed by atoms with van der Waals surface area (Å²) in [4.78, 5) is 31.1. The van der Waals surface area contributed by atoms with Crippen LogP contribution in [-0.2, 0) is 0 Å². The number of hydrogen-bond acceptors (Lipinski definition) is 8. The van der Waals surface area contributed by atoms with Gasteiger partial charge in [0.2, 0.25) is 0 Å². The van der Waals surface area contributed by atoms with Gasteiger partial charge in [0.15, 0.2) is 16.8 Å². The monoisotopic (exact) mass is 613 g/mol. The molecule has 0 saturated carbocycles. The molecule has 1 aliphatic rings. The molecule has 2 aromatic heterocycles. The third-order valence-corrected chi connectivity index (χ3v) is 9.33. The number of hydrogen-bond donors (Lipinski definition) is 0. The summed E-state index contributed by atoms with van der Waals surface area (Å²) in [6.07, 6.45) is 10.9. The minimum atomic E-state index is -0.440. The molecule has 44 heavy (non-hydrogen) atoms. The van der Waals surface area contributed by atoms with Gasteiger partial charge < -0.3 is 4.90 Å². The molecular formula is C35H47N7OS. The molecule has 1 atom stereocenters. The lowest BCUT2D eigenvalue weighted by Crippen LogP contribution is -2.28. The highest BCUT2D eigenvalue weighted by Crippen LogP contribution is 2.41. The van der Waals surface area contributed by atoms with Gasteiger partial charge in [-0.05, 0) is 39.5 Å². The van der Waals surface area contributed by atoms with Crippen molar-refractivity contribution in [1.82, 2.24) is 19.7 Å². The summed E-state index contributed by atoms with van der Waals surface area (Å²) < 4.78 is 1.30. The second kappa shape index (κ2) is 15.9. The third-order valence-electron chi connectivity index (χ3n) is 8.32. The highest BCUT2D eigenvalue weighted by Gasteiger charge is 2.34. The molecule has 4 rings (SSSR count). The Balaban J connectivity index is 1.87. The average molecular weight is 614 g/mol. The average Bonchev–Trinajstić information content (AvgIpc) is 3.65. The zero-order chi connectivity index (χ0) is 31.6. The van der Waals surface area contributed by atoms with Gasteiger partial charge >= 0.3 is 0 Å². The van der Waals surface area contributed by atoms with Crippen LogP contribution in [0, 0.1) is 18.3 Å². The summed E-state index contributed by atoms with van der Waals surface area (Å²) in [5.41, 5.74) is 4.06. The zero-order valence-corrected chi connectivity index (χ0v) is 28.1. The van der Waals surface area contributed by atoms with Crippen LogP contribution in [0.5, 0.6) is 0 Å². The van der Waals surface area contributed by atoms with Gasteiger partial charge in [-0.15, -0.1) is 5.10 Å². The van der Waals surface area contributed by atoms with E-state index in [-0.39, 0.29) is 11.5 Å². The van der Waals surface area contributed by atoms with Crippen LogP contribution in [0.2, 0.25) is 0 Å². The first-order valence-corrected chi connectivity index (χ1v) is 17.2. The van der Waals surface area contributed by atoms with E-state index in [1.165, 1.54) is 35.9 Å². The lowest BCUT2D eigenvalue weighted by molar-refractivity contribution is 0.0941. The number of aliphatic imine (C=N–C) groups is 1. The highest BCUT2D eigenvalue weighted by atomic mass is 32.1. The molecule has 1 unspecified atom stereocenters. The first kappa shape index (κ1) is 33.3. The van der Waals surface area contributed by atoms with E-state index in [0.29, 0.717) is 22.9 Å². The highest BCUT2D eigenvalue weighted by molar-refractivity contribution is 7.19. The van der Waals surface area contributed by atoms with Crippen LogP contribution in [0.4, 0.5) is 10.1 Å². The second-order valence-corrected chi connectivity index (χ2v) is 12.7. The van der Waals surface area contributed by atoms with E-state index < -0.39 is 5.91 Å². The van der Waals surface area contributed by atoms with E-state index in [9.17, 15) is 10.1 Å². The van der Waals surface area contributed by atoms with E-state index in [0.717, 1.165) is 73.0 Å². The molecular weight excluding hydrogens is 567 g/mol. The zero-order valence-electron chi connectivity index (χ0n) is 27.3. The van der Waals surface area contributed by atoms with E-state index in [1.54, 1.807) is 18.3 Å². The molecule has 3 aromatic rings. The van der Waals surface area contributed by atoms with Crippen molar-refractivity contribution in [2.75, 3.05) is 18.0 Å². The van der Waals surface area contributed by atoms with E-state index in [4.69, 9.17) is 15.0 Å². The fourth-order valence-electron chi connectivity index (χ4n) is 5.50. The molecule has 0 radical (unpaired) electrons. The van der Waals surface area contributed by atoms with Crippen LogP contribution in [0.3, 0.4) is 0 Å². The fraction of sp³-hybridized carbons (Fsp3) is 0.543. The maximum atomic E-state index is 13.4. The number of unbranched alkanes of at least 4 members (excludes halogenated alkanes) is 5. The Morgan fingerprint density at radius 3 is 2.20 bits per heavy atom. The standard InChI is InChI=1S/C35H47N7OS/c1-7-11-14-21-41(22-15-12-8-2)35-38-30(27-19-17-24(5)18-20-27)33(44-35)37-29-25(6)28(23-36)34(43)42-32(29)39-31(40-42)26(10-4)16-13-9-3/h17-20,26H,7-16,21-22H2,1-6H3/b37-29-. The number of allylic oxidation sites excluding steroid dienone is 2. The third kappa shape index (κ3) is 7.52. The van der Waals surface area contributed by atoms with Gasteiger partial charge in [0, 0.05) is 30.1 Å². The van der Waals surface area contributed by atoms with Crippen molar-refractivity contribution < 1.29 is 4.79 Å². The Hall–Kier alpha value is -3.64. The Labute approximate surface area is 267 Å². The van der Waals surface area contributed by atoms with Crippen molar-refractivity contribution in [1.29, 1.82) is 5.26 Å². The van der Waals surface area contributed by atoms with Crippen molar-refractivity contribution in [3.8, 4) is 17.3 Å². The van der Waals surface area contributed by atoms with Gasteiger partial charge in [0.1, 0.15) is 28.0 Å². The van der Waals surface area contributed by atoms with E-state index in [2.05, 4.69) is 75.0 Å². The number of thiazole rings is 1. The van der Waals surface area contributed by atoms with Gasteiger partial charge in [-0.3, -0.25) is 4.79 Å². The van der Waals surface area contributed by atoms with Crippen LogP contribution in [0.1, 0.15) is 127 Å². The first-order chi connectivity index (χ1) is 21.4. The van der Waals surface area contributed by atoms with Gasteiger partial charge in [-0.1, -0.05) is 107 Å². The quantitative estimate of drug-likeness (QED) is 0.149. The summed E-state index contributed by atoms with van der Waals surface area (Å²) in [5, 5.41) is 16.4. The number of rotatable bonds is 16. The summed E-state index contributed by atoms with van der Waals surface area (Å²) in [5.74, 6) is 0.755. The molecule has 0 N–H and O–H groups in total. The van der Waals surface area contributed by atoms with Crippen molar-refractivity contribution in [2.45, 2.75) is 112 Å². The number of aryl methyl sites for hydroxylation is 1. The molecule has 1 aromatic carbocycles. The Morgan fingerprint density at radius 2 is 1.61 bits per heavy atom. The van der Waals surface area contributed by atoms with Crippen LogP contribution in [-0.4, -0.2) is 44.5 Å². The summed E-state index contributed by atoms with van der Waals surface area (Å²) in [6.45, 7) is 14.5. The summed E-state index contributed by atoms with van der Waals surface area (Å²) >= 11 is 1.57. The molecule has 8 nitrogen and oxygen atoms in total. The minimum absolute atomic E-state index is 0.0525. The van der Waals surface area contributed by atoms with Crippen molar-refractivity contribution in [3.63, 3.8) is 0 Å². The maximum Gasteiger partial charge on any atom is 0.291 e. The molecule has 0 amide bonds. The van der Waals surface area contributed by atoms with Crippen LogP contribution >= 0.6 is 11.3 Å². The number of fused-ring (bicyclic) bond motifs is 1. The maximum absolute atomic E-state index is 13.4. The lowest BCUT2D eigenvalue weighted by Gasteiger charge is -2.21. The summed E-state index contributed by atoms with van der Waals surface area (Å²) in [6, 6.07) is 10.5. The Kier molecular flexibility index (Phi) is 12.0. The number of anilines is 1. The van der Waals surface area contributed by atoms with Crippen molar-refractivity contribution in [3.05, 3.63) is 52.6 Å². The van der Waals surface area contributed by atoms with Crippen molar-refractivity contribution >= 4 is 33.1 Å². The summed E-state index contributed by atoms with van der Waals surface area (Å²) in [7, 11) is 0. The molecule has 1 aliphatic heterocycles. The molecule has 3 heterocycles. The normalized spacial score (nSPS) is 14.7.